The second kappa shape index (κ2) is 5.88. The molecule has 1 aromatic heterocycles. The van der Waals surface area contributed by atoms with Gasteiger partial charge in [-0.1, -0.05) is 28.0 Å². The topological polar surface area (TPSA) is 76.4 Å². The van der Waals surface area contributed by atoms with Crippen molar-refractivity contribution in [2.24, 2.45) is 10.9 Å². The van der Waals surface area contributed by atoms with Gasteiger partial charge in [-0.05, 0) is 24.6 Å². The van der Waals surface area contributed by atoms with Crippen molar-refractivity contribution in [2.75, 3.05) is 0 Å². The Labute approximate surface area is 119 Å². The van der Waals surface area contributed by atoms with Crippen LogP contribution in [0.15, 0.2) is 40.2 Å². The summed E-state index contributed by atoms with van der Waals surface area (Å²) in [6, 6.07) is 5.59. The summed E-state index contributed by atoms with van der Waals surface area (Å²) in [5, 5.41) is 12.0. The largest absolute Gasteiger partial charge is 0.409 e. The van der Waals surface area contributed by atoms with Gasteiger partial charge < -0.3 is 15.5 Å². The predicted molar refractivity (Wildman–Crippen MR) is 77.8 cm³/mol. The summed E-state index contributed by atoms with van der Waals surface area (Å²) >= 11 is 3.44. The monoisotopic (exact) mass is 322 g/mol. The summed E-state index contributed by atoms with van der Waals surface area (Å²) < 4.78 is 2.88. The fraction of sp³-hybridized carbons (Fsp3) is 0.231. The summed E-state index contributed by atoms with van der Waals surface area (Å²) in [4.78, 5) is 4.34. The van der Waals surface area contributed by atoms with Gasteiger partial charge in [0.2, 0.25) is 0 Å². The van der Waals surface area contributed by atoms with E-state index < -0.39 is 0 Å². The van der Waals surface area contributed by atoms with Crippen LogP contribution in [0.4, 0.5) is 0 Å². The van der Waals surface area contributed by atoms with Crippen molar-refractivity contribution >= 4 is 21.8 Å². The van der Waals surface area contributed by atoms with Crippen molar-refractivity contribution < 1.29 is 5.21 Å². The van der Waals surface area contributed by atoms with E-state index in [1.54, 1.807) is 6.20 Å². The molecule has 0 spiro atoms. The third-order valence-corrected chi connectivity index (χ3v) is 3.29. The lowest BCUT2D eigenvalue weighted by Crippen LogP contribution is -2.17. The third kappa shape index (κ3) is 2.78. The maximum Gasteiger partial charge on any atom is 0.172 e. The molecule has 0 aliphatic carbocycles. The zero-order chi connectivity index (χ0) is 13.8. The Morgan fingerprint density at radius 3 is 3.00 bits per heavy atom. The third-order valence-electron chi connectivity index (χ3n) is 2.79. The standard InChI is InChI=1S/C13H15BrN4O/c1-2-3-12-16-6-7-18(12)11-8-9(14)4-5-10(11)13(15)17-19/h4-8,19H,2-3H2,1H3,(H2,15,17). The smallest absolute Gasteiger partial charge is 0.172 e. The lowest BCUT2D eigenvalue weighted by molar-refractivity contribution is 0.318. The van der Waals surface area contributed by atoms with Crippen molar-refractivity contribution in [3.8, 4) is 5.69 Å². The molecule has 100 valence electrons. The van der Waals surface area contributed by atoms with Crippen LogP contribution in [0.2, 0.25) is 0 Å². The molecule has 0 saturated carbocycles. The normalized spacial score (nSPS) is 11.8. The molecule has 0 unspecified atom stereocenters. The number of nitrogens with zero attached hydrogens (tertiary/aromatic N) is 3. The Morgan fingerprint density at radius 1 is 1.53 bits per heavy atom. The molecule has 19 heavy (non-hydrogen) atoms. The van der Waals surface area contributed by atoms with Crippen molar-refractivity contribution in [3.63, 3.8) is 0 Å². The lowest BCUT2D eigenvalue weighted by atomic mass is 10.1. The number of hydrogen-bond acceptors (Lipinski definition) is 3. The van der Waals surface area contributed by atoms with Crippen molar-refractivity contribution in [1.29, 1.82) is 0 Å². The van der Waals surface area contributed by atoms with E-state index in [0.717, 1.165) is 28.8 Å². The Bertz CT molecular complexity index is 606. The first kappa shape index (κ1) is 13.6. The number of amidine groups is 1. The molecule has 6 heteroatoms. The van der Waals surface area contributed by atoms with Gasteiger partial charge in [0, 0.05) is 28.9 Å². The second-order valence-corrected chi connectivity index (χ2v) is 5.03. The highest BCUT2D eigenvalue weighted by molar-refractivity contribution is 9.10. The van der Waals surface area contributed by atoms with Crippen LogP contribution in [0.5, 0.6) is 0 Å². The van der Waals surface area contributed by atoms with Crippen molar-refractivity contribution in [3.05, 3.63) is 46.5 Å². The first-order chi connectivity index (χ1) is 9.17. The number of nitrogens with two attached hydrogens (primary N) is 1. The summed E-state index contributed by atoms with van der Waals surface area (Å²) in [5.41, 5.74) is 7.23. The molecule has 0 saturated heterocycles. The number of aryl methyl sites for hydroxylation is 1. The number of aromatic nitrogens is 2. The number of benzene rings is 1. The van der Waals surface area contributed by atoms with Crippen LogP contribution in [-0.4, -0.2) is 20.6 Å². The number of rotatable bonds is 4. The second-order valence-electron chi connectivity index (χ2n) is 4.11. The van der Waals surface area contributed by atoms with Gasteiger partial charge in [-0.2, -0.15) is 0 Å². The van der Waals surface area contributed by atoms with E-state index in [1.165, 1.54) is 0 Å². The predicted octanol–water partition coefficient (Wildman–Crippen LogP) is 2.68. The molecule has 0 atom stereocenters. The zero-order valence-corrected chi connectivity index (χ0v) is 12.1. The van der Waals surface area contributed by atoms with E-state index in [1.807, 2.05) is 29.0 Å². The molecule has 0 fully saturated rings. The van der Waals surface area contributed by atoms with Crippen LogP contribution in [0.1, 0.15) is 24.7 Å². The van der Waals surface area contributed by atoms with Crippen molar-refractivity contribution in [1.82, 2.24) is 9.55 Å². The minimum Gasteiger partial charge on any atom is -0.409 e. The summed E-state index contributed by atoms with van der Waals surface area (Å²) in [7, 11) is 0. The van der Waals surface area contributed by atoms with Gasteiger partial charge in [0.15, 0.2) is 5.84 Å². The average molecular weight is 323 g/mol. The van der Waals surface area contributed by atoms with Gasteiger partial charge in [0.05, 0.1) is 5.69 Å². The minimum atomic E-state index is 0.0821. The summed E-state index contributed by atoms with van der Waals surface area (Å²) in [6.45, 7) is 2.10. The van der Waals surface area contributed by atoms with Crippen LogP contribution in [-0.2, 0) is 6.42 Å². The fourth-order valence-corrected chi connectivity index (χ4v) is 2.29. The van der Waals surface area contributed by atoms with Crippen LogP contribution in [0.3, 0.4) is 0 Å². The van der Waals surface area contributed by atoms with Crippen LogP contribution >= 0.6 is 15.9 Å². The number of hydrogen-bond donors (Lipinski definition) is 2. The molecule has 0 bridgehead atoms. The zero-order valence-electron chi connectivity index (χ0n) is 10.5. The van der Waals surface area contributed by atoms with Gasteiger partial charge >= 0.3 is 0 Å². The highest BCUT2D eigenvalue weighted by Crippen LogP contribution is 2.22. The summed E-state index contributed by atoms with van der Waals surface area (Å²) in [6.07, 6.45) is 5.50. The van der Waals surface area contributed by atoms with Gasteiger partial charge in [-0.3, -0.25) is 0 Å². The first-order valence-corrected chi connectivity index (χ1v) is 6.76. The molecule has 0 aliphatic rings. The van der Waals surface area contributed by atoms with Gasteiger partial charge in [0.25, 0.3) is 0 Å². The average Bonchev–Trinajstić information content (AvgIpc) is 2.86. The molecule has 0 radical (unpaired) electrons. The molecular weight excluding hydrogens is 308 g/mol. The Hall–Kier alpha value is -1.82. The van der Waals surface area contributed by atoms with Gasteiger partial charge in [0.1, 0.15) is 5.82 Å². The number of halogens is 1. The molecule has 1 heterocycles. The summed E-state index contributed by atoms with van der Waals surface area (Å²) in [5.74, 6) is 1.03. The van der Waals surface area contributed by atoms with E-state index in [9.17, 15) is 0 Å². The Morgan fingerprint density at radius 2 is 2.32 bits per heavy atom. The van der Waals surface area contributed by atoms with Crippen LogP contribution < -0.4 is 5.73 Å². The van der Waals surface area contributed by atoms with Crippen LogP contribution in [0.25, 0.3) is 5.69 Å². The van der Waals surface area contributed by atoms with E-state index in [2.05, 4.69) is 33.0 Å². The molecular formula is C13H15BrN4O. The van der Waals surface area contributed by atoms with E-state index >= 15 is 0 Å². The molecule has 0 aliphatic heterocycles. The van der Waals surface area contributed by atoms with E-state index in [-0.39, 0.29) is 5.84 Å². The van der Waals surface area contributed by atoms with E-state index in [0.29, 0.717) is 5.56 Å². The first-order valence-electron chi connectivity index (χ1n) is 5.97. The number of oxime groups is 1. The van der Waals surface area contributed by atoms with E-state index in [4.69, 9.17) is 10.9 Å². The lowest BCUT2D eigenvalue weighted by Gasteiger charge is -2.12. The van der Waals surface area contributed by atoms with Gasteiger partial charge in [-0.25, -0.2) is 4.98 Å². The Balaban J connectivity index is 2.60. The number of imidazole rings is 1. The molecule has 2 rings (SSSR count). The minimum absolute atomic E-state index is 0.0821. The van der Waals surface area contributed by atoms with Crippen LogP contribution in [0, 0.1) is 0 Å². The van der Waals surface area contributed by atoms with Gasteiger partial charge in [-0.15, -0.1) is 0 Å². The highest BCUT2D eigenvalue weighted by Gasteiger charge is 2.12. The van der Waals surface area contributed by atoms with Crippen molar-refractivity contribution in [2.45, 2.75) is 19.8 Å². The maximum atomic E-state index is 8.88. The molecule has 0 amide bonds. The molecule has 5 nitrogen and oxygen atoms in total. The fourth-order valence-electron chi connectivity index (χ4n) is 1.94. The SMILES string of the molecule is CCCc1nccn1-c1cc(Br)ccc1/C(N)=N/O. The quantitative estimate of drug-likeness (QED) is 0.393. The maximum absolute atomic E-state index is 8.88. The highest BCUT2D eigenvalue weighted by atomic mass is 79.9. The molecule has 3 N–H and O–H groups in total. The molecule has 2 aromatic rings. The Kier molecular flexibility index (Phi) is 4.21. The molecule has 1 aromatic carbocycles.